The average Bonchev–Trinajstić information content (AvgIpc) is 2.66. The van der Waals surface area contributed by atoms with Crippen LogP contribution in [0, 0.1) is 0 Å². The molecule has 0 N–H and O–H groups in total. The molecule has 2 aliphatic heterocycles. The van der Waals surface area contributed by atoms with Gasteiger partial charge in [0.2, 0.25) is 0 Å². The van der Waals surface area contributed by atoms with E-state index in [1.165, 1.54) is 25.7 Å². The Balaban J connectivity index is 1.53. The van der Waals surface area contributed by atoms with Crippen LogP contribution in [0.4, 0.5) is 0 Å². The standard InChI is InChI=1S/C23H34N2O3/c1-18-9-8-10-19(2)25(18)22(26)17-28-21-13-11-20(12-14-21)23(27)24-15-6-4-3-5-7-16-24/h11-14,18-19H,3-10,15-17H2,1-2H3. The molecule has 1 aromatic carbocycles. The maximum atomic E-state index is 12.7. The maximum absolute atomic E-state index is 12.7. The van der Waals surface area contributed by atoms with Crippen LogP contribution >= 0.6 is 0 Å². The van der Waals surface area contributed by atoms with E-state index >= 15 is 0 Å². The highest BCUT2D eigenvalue weighted by atomic mass is 16.5. The van der Waals surface area contributed by atoms with E-state index in [1.807, 2.05) is 21.9 Å². The number of carbonyl (C=O) groups excluding carboxylic acids is 2. The second-order valence-corrected chi connectivity index (χ2v) is 8.30. The molecule has 0 saturated carbocycles. The van der Waals surface area contributed by atoms with Crippen LogP contribution in [0.3, 0.4) is 0 Å². The molecule has 28 heavy (non-hydrogen) atoms. The normalized spacial score (nSPS) is 23.6. The van der Waals surface area contributed by atoms with Crippen LogP contribution in [-0.2, 0) is 4.79 Å². The molecule has 0 bridgehead atoms. The number of rotatable bonds is 4. The zero-order chi connectivity index (χ0) is 19.9. The predicted molar refractivity (Wildman–Crippen MR) is 111 cm³/mol. The number of likely N-dealkylation sites (tertiary alicyclic amines) is 2. The number of amides is 2. The summed E-state index contributed by atoms with van der Waals surface area (Å²) < 4.78 is 5.72. The van der Waals surface area contributed by atoms with Gasteiger partial charge in [0, 0.05) is 30.7 Å². The molecule has 1 aromatic rings. The largest absolute Gasteiger partial charge is 0.484 e. The molecule has 3 rings (SSSR count). The molecule has 0 spiro atoms. The molecule has 2 amide bonds. The Morgan fingerprint density at radius 2 is 1.46 bits per heavy atom. The number of ether oxygens (including phenoxy) is 1. The fraction of sp³-hybridized carbons (Fsp3) is 0.652. The second kappa shape index (κ2) is 9.94. The maximum Gasteiger partial charge on any atom is 0.260 e. The molecular formula is C23H34N2O3. The van der Waals surface area contributed by atoms with E-state index in [0.29, 0.717) is 11.3 Å². The average molecular weight is 387 g/mol. The lowest BCUT2D eigenvalue weighted by molar-refractivity contribution is -0.139. The van der Waals surface area contributed by atoms with Crippen LogP contribution in [0.1, 0.15) is 75.6 Å². The van der Waals surface area contributed by atoms with E-state index in [9.17, 15) is 9.59 Å². The molecular weight excluding hydrogens is 352 g/mol. The van der Waals surface area contributed by atoms with Gasteiger partial charge in [0.05, 0.1) is 0 Å². The van der Waals surface area contributed by atoms with Gasteiger partial charge in [0.25, 0.3) is 11.8 Å². The number of benzene rings is 1. The number of carbonyl (C=O) groups is 2. The lowest BCUT2D eigenvalue weighted by Gasteiger charge is -2.38. The molecule has 0 radical (unpaired) electrons. The van der Waals surface area contributed by atoms with Crippen molar-refractivity contribution >= 4 is 11.8 Å². The van der Waals surface area contributed by atoms with E-state index in [0.717, 1.165) is 38.8 Å². The van der Waals surface area contributed by atoms with Crippen molar-refractivity contribution in [3.63, 3.8) is 0 Å². The quantitative estimate of drug-likeness (QED) is 0.777. The summed E-state index contributed by atoms with van der Waals surface area (Å²) in [6.45, 7) is 5.96. The van der Waals surface area contributed by atoms with E-state index < -0.39 is 0 Å². The third-order valence-corrected chi connectivity index (χ3v) is 6.09. The summed E-state index contributed by atoms with van der Waals surface area (Å²) in [5.74, 6) is 0.774. The van der Waals surface area contributed by atoms with Crippen molar-refractivity contribution in [3.8, 4) is 5.75 Å². The molecule has 0 aromatic heterocycles. The first kappa shape index (κ1) is 20.7. The molecule has 2 atom stereocenters. The molecule has 2 heterocycles. The summed E-state index contributed by atoms with van der Waals surface area (Å²) in [5, 5.41) is 0. The minimum absolute atomic E-state index is 0.0421. The van der Waals surface area contributed by atoms with Crippen LogP contribution in [0.25, 0.3) is 0 Å². The lowest BCUT2D eigenvalue weighted by Crippen LogP contribution is -2.49. The van der Waals surface area contributed by atoms with Gasteiger partial charge in [-0.1, -0.05) is 19.3 Å². The van der Waals surface area contributed by atoms with Crippen LogP contribution < -0.4 is 4.74 Å². The smallest absolute Gasteiger partial charge is 0.260 e. The third-order valence-electron chi connectivity index (χ3n) is 6.09. The number of nitrogens with zero attached hydrogens (tertiary/aromatic N) is 2. The van der Waals surface area contributed by atoms with Crippen molar-refractivity contribution in [1.29, 1.82) is 0 Å². The number of hydrogen-bond acceptors (Lipinski definition) is 3. The van der Waals surface area contributed by atoms with Crippen molar-refractivity contribution in [2.24, 2.45) is 0 Å². The first-order valence-electron chi connectivity index (χ1n) is 10.9. The third kappa shape index (κ3) is 5.27. The van der Waals surface area contributed by atoms with Gasteiger partial charge >= 0.3 is 0 Å². The monoisotopic (exact) mass is 386 g/mol. The fourth-order valence-electron chi connectivity index (χ4n) is 4.46. The van der Waals surface area contributed by atoms with Gasteiger partial charge < -0.3 is 14.5 Å². The van der Waals surface area contributed by atoms with Gasteiger partial charge in [-0.05, 0) is 70.2 Å². The summed E-state index contributed by atoms with van der Waals surface area (Å²) in [6.07, 6.45) is 9.16. The number of hydrogen-bond donors (Lipinski definition) is 0. The van der Waals surface area contributed by atoms with Crippen molar-refractivity contribution in [1.82, 2.24) is 9.80 Å². The van der Waals surface area contributed by atoms with Crippen LogP contribution in [0.15, 0.2) is 24.3 Å². The SMILES string of the molecule is CC1CCCC(C)N1C(=O)COc1ccc(C(=O)N2CCCCCCC2)cc1. The minimum Gasteiger partial charge on any atom is -0.484 e. The zero-order valence-corrected chi connectivity index (χ0v) is 17.4. The van der Waals surface area contributed by atoms with E-state index in [-0.39, 0.29) is 30.5 Å². The van der Waals surface area contributed by atoms with Gasteiger partial charge in [-0.2, -0.15) is 0 Å². The first-order valence-corrected chi connectivity index (χ1v) is 10.9. The highest BCUT2D eigenvalue weighted by Crippen LogP contribution is 2.23. The summed E-state index contributed by atoms with van der Waals surface area (Å²) in [6, 6.07) is 7.77. The highest BCUT2D eigenvalue weighted by molar-refractivity contribution is 5.94. The van der Waals surface area contributed by atoms with Gasteiger partial charge in [0.15, 0.2) is 6.61 Å². The topological polar surface area (TPSA) is 49.9 Å². The lowest BCUT2D eigenvalue weighted by atomic mass is 9.97. The van der Waals surface area contributed by atoms with Gasteiger partial charge in [-0.3, -0.25) is 9.59 Å². The fourth-order valence-corrected chi connectivity index (χ4v) is 4.46. The number of piperidine rings is 1. The molecule has 2 aliphatic rings. The molecule has 154 valence electrons. The van der Waals surface area contributed by atoms with E-state index in [4.69, 9.17) is 4.74 Å². The van der Waals surface area contributed by atoms with Gasteiger partial charge in [0.1, 0.15) is 5.75 Å². The predicted octanol–water partition coefficient (Wildman–Crippen LogP) is 4.26. The van der Waals surface area contributed by atoms with Crippen molar-refractivity contribution in [2.75, 3.05) is 19.7 Å². The molecule has 0 aliphatic carbocycles. The molecule has 2 saturated heterocycles. The Bertz CT molecular complexity index is 640. The van der Waals surface area contributed by atoms with Gasteiger partial charge in [-0.25, -0.2) is 0 Å². The summed E-state index contributed by atoms with van der Waals surface area (Å²) >= 11 is 0. The van der Waals surface area contributed by atoms with E-state index in [2.05, 4.69) is 13.8 Å². The van der Waals surface area contributed by atoms with Gasteiger partial charge in [-0.15, -0.1) is 0 Å². The molecule has 5 heteroatoms. The van der Waals surface area contributed by atoms with Crippen molar-refractivity contribution < 1.29 is 14.3 Å². The Hall–Kier alpha value is -2.04. The van der Waals surface area contributed by atoms with Crippen LogP contribution in [-0.4, -0.2) is 53.4 Å². The Morgan fingerprint density at radius 1 is 0.893 bits per heavy atom. The minimum atomic E-state index is 0.0421. The zero-order valence-electron chi connectivity index (χ0n) is 17.4. The Morgan fingerprint density at radius 3 is 2.07 bits per heavy atom. The Labute approximate surface area is 169 Å². The molecule has 2 fully saturated rings. The second-order valence-electron chi connectivity index (χ2n) is 8.30. The van der Waals surface area contributed by atoms with Crippen LogP contribution in [0.5, 0.6) is 5.75 Å². The van der Waals surface area contributed by atoms with E-state index in [1.54, 1.807) is 12.1 Å². The highest BCUT2D eigenvalue weighted by Gasteiger charge is 2.29. The summed E-state index contributed by atoms with van der Waals surface area (Å²) in [5.41, 5.74) is 0.692. The Kier molecular flexibility index (Phi) is 7.35. The summed E-state index contributed by atoms with van der Waals surface area (Å²) in [7, 11) is 0. The summed E-state index contributed by atoms with van der Waals surface area (Å²) in [4.78, 5) is 29.3. The molecule has 5 nitrogen and oxygen atoms in total. The molecule has 2 unspecified atom stereocenters. The first-order chi connectivity index (χ1) is 13.6. The van der Waals surface area contributed by atoms with Crippen LogP contribution in [0.2, 0.25) is 0 Å². The van der Waals surface area contributed by atoms with Crippen molar-refractivity contribution in [3.05, 3.63) is 29.8 Å². The van der Waals surface area contributed by atoms with Crippen molar-refractivity contribution in [2.45, 2.75) is 77.3 Å².